The number of amides is 1. The van der Waals surface area contributed by atoms with Crippen molar-refractivity contribution in [3.63, 3.8) is 0 Å². The van der Waals surface area contributed by atoms with E-state index in [2.05, 4.69) is 21.2 Å². The Morgan fingerprint density at radius 1 is 1.27 bits per heavy atom. The lowest BCUT2D eigenvalue weighted by molar-refractivity contribution is 0.0951. The van der Waals surface area contributed by atoms with Gasteiger partial charge in [-0.2, -0.15) is 0 Å². The maximum atomic E-state index is 12.8. The molecule has 2 aromatic rings. The molecule has 0 unspecified atom stereocenters. The van der Waals surface area contributed by atoms with Crippen molar-refractivity contribution < 1.29 is 13.6 Å². The maximum absolute atomic E-state index is 12.8. The summed E-state index contributed by atoms with van der Waals surface area (Å²) in [6, 6.07) is 6.41. The number of furan rings is 1. The summed E-state index contributed by atoms with van der Waals surface area (Å²) in [5.41, 5.74) is 0.559. The average molecular weight is 386 g/mol. The van der Waals surface area contributed by atoms with E-state index in [1.165, 1.54) is 12.1 Å². The second-order valence-corrected chi connectivity index (χ2v) is 6.78. The molecular weight excluding hydrogens is 369 g/mol. The van der Waals surface area contributed by atoms with Crippen molar-refractivity contribution in [2.75, 3.05) is 12.3 Å². The van der Waals surface area contributed by atoms with E-state index in [0.717, 1.165) is 17.1 Å². The molecule has 1 N–H and O–H groups in total. The highest BCUT2D eigenvalue weighted by Crippen LogP contribution is 2.27. The number of aryl methyl sites for hydroxylation is 2. The standard InChI is InChI=1S/C16H17BrFNO2S/c1-10-14(15(17)11(2)21-10)16(20)19-8-3-9-22-13-6-4-12(18)5-7-13/h4-7H,3,8-9H2,1-2H3,(H,19,20). The van der Waals surface area contributed by atoms with Crippen molar-refractivity contribution in [3.8, 4) is 0 Å². The molecule has 0 saturated heterocycles. The van der Waals surface area contributed by atoms with E-state index in [4.69, 9.17) is 4.42 Å². The van der Waals surface area contributed by atoms with Crippen LogP contribution in [0.15, 0.2) is 38.1 Å². The first-order valence-corrected chi connectivity index (χ1v) is 8.69. The van der Waals surface area contributed by atoms with Gasteiger partial charge in [-0.05, 0) is 66.2 Å². The first-order valence-electron chi connectivity index (χ1n) is 6.91. The zero-order chi connectivity index (χ0) is 16.1. The highest BCUT2D eigenvalue weighted by Gasteiger charge is 2.19. The van der Waals surface area contributed by atoms with Crippen LogP contribution in [-0.4, -0.2) is 18.2 Å². The molecule has 3 nitrogen and oxygen atoms in total. The predicted octanol–water partition coefficient (Wildman–Crippen LogP) is 4.71. The van der Waals surface area contributed by atoms with E-state index in [1.807, 2.05) is 6.92 Å². The molecule has 0 aliphatic rings. The Hall–Kier alpha value is -1.27. The minimum absolute atomic E-state index is 0.131. The van der Waals surface area contributed by atoms with E-state index < -0.39 is 0 Å². The van der Waals surface area contributed by atoms with E-state index in [-0.39, 0.29) is 11.7 Å². The molecule has 1 aromatic carbocycles. The molecule has 22 heavy (non-hydrogen) atoms. The van der Waals surface area contributed by atoms with Crippen molar-refractivity contribution in [2.24, 2.45) is 0 Å². The van der Waals surface area contributed by atoms with Crippen molar-refractivity contribution in [1.29, 1.82) is 0 Å². The second-order valence-electron chi connectivity index (χ2n) is 4.82. The van der Waals surface area contributed by atoms with E-state index in [1.54, 1.807) is 30.8 Å². The van der Waals surface area contributed by atoms with Crippen molar-refractivity contribution in [3.05, 3.63) is 51.6 Å². The number of hydrogen-bond donors (Lipinski definition) is 1. The number of carbonyl (C=O) groups excluding carboxylic acids is 1. The Morgan fingerprint density at radius 3 is 2.55 bits per heavy atom. The number of hydrogen-bond acceptors (Lipinski definition) is 3. The van der Waals surface area contributed by atoms with Gasteiger partial charge in [0.1, 0.15) is 17.3 Å². The molecule has 0 bridgehead atoms. The monoisotopic (exact) mass is 385 g/mol. The molecule has 0 aliphatic carbocycles. The van der Waals surface area contributed by atoms with Crippen LogP contribution < -0.4 is 5.32 Å². The molecule has 0 atom stereocenters. The van der Waals surface area contributed by atoms with E-state index in [9.17, 15) is 9.18 Å². The first kappa shape index (κ1) is 17.1. The van der Waals surface area contributed by atoms with Gasteiger partial charge in [-0.3, -0.25) is 4.79 Å². The fourth-order valence-corrected chi connectivity index (χ4v) is 3.39. The summed E-state index contributed by atoms with van der Waals surface area (Å²) in [6.07, 6.45) is 0.835. The SMILES string of the molecule is Cc1oc(C)c(C(=O)NCCCSc2ccc(F)cc2)c1Br. The molecule has 118 valence electrons. The fraction of sp³-hybridized carbons (Fsp3) is 0.312. The molecule has 0 fully saturated rings. The summed E-state index contributed by atoms with van der Waals surface area (Å²) in [4.78, 5) is 13.1. The molecule has 1 heterocycles. The summed E-state index contributed by atoms with van der Waals surface area (Å²) >= 11 is 5.01. The fourth-order valence-electron chi connectivity index (χ4n) is 2.00. The predicted molar refractivity (Wildman–Crippen MR) is 90.0 cm³/mol. The minimum Gasteiger partial charge on any atom is -0.465 e. The topological polar surface area (TPSA) is 42.2 Å². The highest BCUT2D eigenvalue weighted by molar-refractivity contribution is 9.10. The molecule has 1 amide bonds. The number of nitrogens with one attached hydrogen (secondary N) is 1. The smallest absolute Gasteiger partial charge is 0.255 e. The Labute approximate surface area is 141 Å². The molecule has 2 rings (SSSR count). The summed E-state index contributed by atoms with van der Waals surface area (Å²) in [5.74, 6) is 1.81. The van der Waals surface area contributed by atoms with Crippen LogP contribution in [0.4, 0.5) is 4.39 Å². The van der Waals surface area contributed by atoms with E-state index >= 15 is 0 Å². The van der Waals surface area contributed by atoms with Crippen LogP contribution >= 0.6 is 27.7 Å². The van der Waals surface area contributed by atoms with Crippen LogP contribution in [0.2, 0.25) is 0 Å². The molecule has 6 heteroatoms. The maximum Gasteiger partial charge on any atom is 0.255 e. The zero-order valence-electron chi connectivity index (χ0n) is 12.4. The number of halogens is 2. The van der Waals surface area contributed by atoms with Gasteiger partial charge in [0.2, 0.25) is 0 Å². The van der Waals surface area contributed by atoms with Crippen LogP contribution in [0.25, 0.3) is 0 Å². The number of benzene rings is 1. The van der Waals surface area contributed by atoms with Gasteiger partial charge in [-0.1, -0.05) is 0 Å². The molecule has 0 spiro atoms. The third kappa shape index (κ3) is 4.36. The lowest BCUT2D eigenvalue weighted by Gasteiger charge is -2.05. The number of rotatable bonds is 6. The van der Waals surface area contributed by atoms with Gasteiger partial charge in [-0.25, -0.2) is 4.39 Å². The Kier molecular flexibility index (Phi) is 6.08. The minimum atomic E-state index is -0.229. The van der Waals surface area contributed by atoms with Crippen LogP contribution in [0.5, 0.6) is 0 Å². The van der Waals surface area contributed by atoms with Gasteiger partial charge in [0.15, 0.2) is 0 Å². The molecule has 0 aliphatic heterocycles. The van der Waals surface area contributed by atoms with Gasteiger partial charge < -0.3 is 9.73 Å². The highest BCUT2D eigenvalue weighted by atomic mass is 79.9. The third-order valence-electron chi connectivity index (χ3n) is 3.10. The van der Waals surface area contributed by atoms with Gasteiger partial charge in [-0.15, -0.1) is 11.8 Å². The van der Waals surface area contributed by atoms with Crippen LogP contribution in [0.3, 0.4) is 0 Å². The summed E-state index contributed by atoms with van der Waals surface area (Å²) < 4.78 is 18.9. The van der Waals surface area contributed by atoms with Crippen molar-refractivity contribution >= 4 is 33.6 Å². The van der Waals surface area contributed by atoms with Gasteiger partial charge in [0.05, 0.1) is 10.0 Å². The molecule has 0 radical (unpaired) electrons. The van der Waals surface area contributed by atoms with Gasteiger partial charge in [0, 0.05) is 11.4 Å². The Morgan fingerprint density at radius 2 is 1.95 bits per heavy atom. The Bertz CT molecular complexity index is 655. The number of thioether (sulfide) groups is 1. The Balaban J connectivity index is 1.74. The van der Waals surface area contributed by atoms with Crippen molar-refractivity contribution in [1.82, 2.24) is 5.32 Å². The van der Waals surface area contributed by atoms with E-state index in [0.29, 0.717) is 28.1 Å². The molecule has 0 saturated carbocycles. The third-order valence-corrected chi connectivity index (χ3v) is 5.16. The van der Waals surface area contributed by atoms with Crippen LogP contribution in [0, 0.1) is 19.7 Å². The summed E-state index contributed by atoms with van der Waals surface area (Å²) in [6.45, 7) is 4.17. The lowest BCUT2D eigenvalue weighted by Crippen LogP contribution is -2.25. The van der Waals surface area contributed by atoms with Gasteiger partial charge >= 0.3 is 0 Å². The quantitative estimate of drug-likeness (QED) is 0.578. The zero-order valence-corrected chi connectivity index (χ0v) is 14.8. The average Bonchev–Trinajstić information content (AvgIpc) is 2.73. The largest absolute Gasteiger partial charge is 0.465 e. The molecule has 1 aromatic heterocycles. The second kappa shape index (κ2) is 7.83. The first-order chi connectivity index (χ1) is 10.5. The van der Waals surface area contributed by atoms with Crippen LogP contribution in [0.1, 0.15) is 28.3 Å². The summed E-state index contributed by atoms with van der Waals surface area (Å²) in [5, 5.41) is 2.89. The lowest BCUT2D eigenvalue weighted by atomic mass is 10.2. The molecular formula is C16H17BrFNO2S. The van der Waals surface area contributed by atoms with Crippen LogP contribution in [-0.2, 0) is 0 Å². The van der Waals surface area contributed by atoms with Crippen molar-refractivity contribution in [2.45, 2.75) is 25.2 Å². The number of carbonyl (C=O) groups is 1. The van der Waals surface area contributed by atoms with Gasteiger partial charge in [0.25, 0.3) is 5.91 Å². The normalized spacial score (nSPS) is 10.7. The summed E-state index contributed by atoms with van der Waals surface area (Å²) in [7, 11) is 0.